The van der Waals surface area contributed by atoms with E-state index in [4.69, 9.17) is 23.2 Å². The first kappa shape index (κ1) is 20.7. The highest BCUT2D eigenvalue weighted by Gasteiger charge is 2.43. The summed E-state index contributed by atoms with van der Waals surface area (Å²) in [6, 6.07) is 18.5. The number of imide groups is 1. The molecule has 0 radical (unpaired) electrons. The van der Waals surface area contributed by atoms with Gasteiger partial charge < -0.3 is 4.90 Å². The maximum atomic E-state index is 13.6. The average Bonchev–Trinajstić information content (AvgIpc) is 3.36. The molecule has 2 aromatic carbocycles. The van der Waals surface area contributed by atoms with E-state index in [2.05, 4.69) is 0 Å². The van der Waals surface area contributed by atoms with Crippen molar-refractivity contribution in [1.82, 2.24) is 4.90 Å². The zero-order chi connectivity index (χ0) is 21.3. The lowest BCUT2D eigenvalue weighted by Gasteiger charge is -2.25. The molecule has 4 nitrogen and oxygen atoms in total. The number of nitrogens with zero attached hydrogens (tertiary/aromatic N) is 2. The Morgan fingerprint density at radius 1 is 0.933 bits per heavy atom. The van der Waals surface area contributed by atoms with E-state index in [-0.39, 0.29) is 10.0 Å². The monoisotopic (exact) mass is 456 g/mol. The summed E-state index contributed by atoms with van der Waals surface area (Å²) < 4.78 is 0. The van der Waals surface area contributed by atoms with Crippen LogP contribution in [0.5, 0.6) is 0 Å². The molecule has 1 aliphatic rings. The summed E-state index contributed by atoms with van der Waals surface area (Å²) in [5.41, 5.74) is 2.12. The Labute approximate surface area is 188 Å². The highest BCUT2D eigenvalue weighted by molar-refractivity contribution is 7.11. The molecule has 3 aromatic rings. The third-order valence-electron chi connectivity index (χ3n) is 4.91. The van der Waals surface area contributed by atoms with Gasteiger partial charge in [0.15, 0.2) is 0 Å². The van der Waals surface area contributed by atoms with Crippen LogP contribution in [0.25, 0.3) is 5.57 Å². The minimum Gasteiger partial charge on any atom is -0.362 e. The number of halogens is 2. The van der Waals surface area contributed by atoms with E-state index in [0.29, 0.717) is 30.0 Å². The molecule has 0 atom stereocenters. The summed E-state index contributed by atoms with van der Waals surface area (Å²) in [5, 5.41) is 2.36. The Morgan fingerprint density at radius 2 is 1.70 bits per heavy atom. The van der Waals surface area contributed by atoms with Crippen LogP contribution in [0.1, 0.15) is 17.4 Å². The zero-order valence-electron chi connectivity index (χ0n) is 16.1. The van der Waals surface area contributed by atoms with Crippen LogP contribution in [-0.4, -0.2) is 23.3 Å². The number of carbonyl (C=O) groups excluding carboxylic acids is 2. The Hall–Kier alpha value is -2.60. The van der Waals surface area contributed by atoms with Gasteiger partial charge in [0.05, 0.1) is 21.3 Å². The minimum absolute atomic E-state index is 0.179. The van der Waals surface area contributed by atoms with Crippen molar-refractivity contribution in [2.75, 3.05) is 11.4 Å². The third kappa shape index (κ3) is 3.65. The molecular weight excluding hydrogens is 439 g/mol. The van der Waals surface area contributed by atoms with Gasteiger partial charge in [-0.05, 0) is 36.1 Å². The fourth-order valence-corrected chi connectivity index (χ4v) is 4.63. The predicted molar refractivity (Wildman–Crippen MR) is 123 cm³/mol. The topological polar surface area (TPSA) is 40.6 Å². The Bertz CT molecular complexity index is 1130. The second-order valence-corrected chi connectivity index (χ2v) is 8.45. The summed E-state index contributed by atoms with van der Waals surface area (Å²) in [6.45, 7) is 3.04. The molecule has 7 heteroatoms. The largest absolute Gasteiger partial charge is 0.362 e. The lowest BCUT2D eigenvalue weighted by atomic mass is 10.1. The van der Waals surface area contributed by atoms with Gasteiger partial charge in [-0.3, -0.25) is 9.59 Å². The number of rotatable bonds is 6. The molecular formula is C23H18Cl2N2O2S. The quantitative estimate of drug-likeness (QED) is 0.436. The fraction of sp³-hybridized carbons (Fsp3) is 0.130. The predicted octanol–water partition coefficient (Wildman–Crippen LogP) is 5.86. The van der Waals surface area contributed by atoms with Crippen LogP contribution >= 0.6 is 34.5 Å². The van der Waals surface area contributed by atoms with Gasteiger partial charge in [-0.15, -0.1) is 11.3 Å². The number of hydrogen-bond donors (Lipinski definition) is 0. The Morgan fingerprint density at radius 3 is 2.37 bits per heavy atom. The van der Waals surface area contributed by atoms with E-state index in [1.54, 1.807) is 18.2 Å². The molecule has 0 bridgehead atoms. The Balaban J connectivity index is 1.83. The number of likely N-dealkylation sites (N-methyl/N-ethyl adjacent to an activating group) is 1. The molecule has 4 rings (SSSR count). The molecule has 0 unspecified atom stereocenters. The summed E-state index contributed by atoms with van der Waals surface area (Å²) in [6.07, 6.45) is 0. The molecule has 30 heavy (non-hydrogen) atoms. The lowest BCUT2D eigenvalue weighted by molar-refractivity contribution is -0.120. The Kier molecular flexibility index (Phi) is 5.95. The van der Waals surface area contributed by atoms with Gasteiger partial charge in [0, 0.05) is 18.0 Å². The molecule has 2 amide bonds. The standard InChI is InChI=1S/C23H18Cl2N2O2S/c1-2-26(14-15-8-4-3-5-9-15)21-19(18-12-7-13-30-18)22(28)27(23(21)29)17-11-6-10-16(24)20(17)25/h3-13H,2,14H2,1H3. The second kappa shape index (κ2) is 8.64. The van der Waals surface area contributed by atoms with Crippen molar-refractivity contribution in [2.45, 2.75) is 13.5 Å². The second-order valence-electron chi connectivity index (χ2n) is 6.72. The number of amides is 2. The van der Waals surface area contributed by atoms with E-state index in [9.17, 15) is 9.59 Å². The molecule has 0 saturated carbocycles. The molecule has 0 saturated heterocycles. The van der Waals surface area contributed by atoms with E-state index in [0.717, 1.165) is 15.3 Å². The minimum atomic E-state index is -0.398. The van der Waals surface area contributed by atoms with Gasteiger partial charge in [-0.2, -0.15) is 0 Å². The smallest absolute Gasteiger partial charge is 0.282 e. The lowest BCUT2D eigenvalue weighted by Crippen LogP contribution is -2.35. The van der Waals surface area contributed by atoms with Crippen LogP contribution in [0.15, 0.2) is 71.7 Å². The number of carbonyl (C=O) groups is 2. The summed E-state index contributed by atoms with van der Waals surface area (Å²) in [7, 11) is 0. The SMILES string of the molecule is CCN(Cc1ccccc1)C1=C(c2cccs2)C(=O)N(c2cccc(Cl)c2Cl)C1=O. The molecule has 1 aliphatic heterocycles. The van der Waals surface area contributed by atoms with Gasteiger partial charge in [0.2, 0.25) is 0 Å². The van der Waals surface area contributed by atoms with Crippen molar-refractivity contribution < 1.29 is 9.59 Å². The van der Waals surface area contributed by atoms with Crippen molar-refractivity contribution in [3.05, 3.63) is 92.2 Å². The summed E-state index contributed by atoms with van der Waals surface area (Å²) >= 11 is 13.9. The molecule has 152 valence electrons. The fourth-order valence-electron chi connectivity index (χ4n) is 3.49. The van der Waals surface area contributed by atoms with Gasteiger partial charge in [-0.25, -0.2) is 4.90 Å². The summed E-state index contributed by atoms with van der Waals surface area (Å²) in [5.74, 6) is -0.793. The van der Waals surface area contributed by atoms with Crippen LogP contribution in [0.4, 0.5) is 5.69 Å². The van der Waals surface area contributed by atoms with E-state index >= 15 is 0 Å². The van der Waals surface area contributed by atoms with Crippen molar-refractivity contribution in [3.63, 3.8) is 0 Å². The normalized spacial score (nSPS) is 14.0. The van der Waals surface area contributed by atoms with Crippen LogP contribution < -0.4 is 4.90 Å². The first-order valence-corrected chi connectivity index (χ1v) is 11.1. The van der Waals surface area contributed by atoms with E-state index < -0.39 is 11.8 Å². The average molecular weight is 457 g/mol. The maximum Gasteiger partial charge on any atom is 0.282 e. The number of anilines is 1. The van der Waals surface area contributed by atoms with Gasteiger partial charge in [0.1, 0.15) is 5.70 Å². The first-order valence-electron chi connectivity index (χ1n) is 9.42. The molecule has 0 spiro atoms. The van der Waals surface area contributed by atoms with Gasteiger partial charge in [-0.1, -0.05) is 65.7 Å². The van der Waals surface area contributed by atoms with E-state index in [1.807, 2.05) is 59.7 Å². The molecule has 2 heterocycles. The first-order chi connectivity index (χ1) is 14.5. The summed E-state index contributed by atoms with van der Waals surface area (Å²) in [4.78, 5) is 30.9. The molecule has 0 aliphatic carbocycles. The van der Waals surface area contributed by atoms with Crippen molar-refractivity contribution in [1.29, 1.82) is 0 Å². The van der Waals surface area contributed by atoms with Crippen molar-refractivity contribution in [3.8, 4) is 0 Å². The molecule has 1 aromatic heterocycles. The third-order valence-corrected chi connectivity index (χ3v) is 6.61. The van der Waals surface area contributed by atoms with Crippen molar-refractivity contribution in [2.24, 2.45) is 0 Å². The molecule has 0 fully saturated rings. The van der Waals surface area contributed by atoms with Crippen molar-refractivity contribution >= 4 is 57.6 Å². The highest BCUT2D eigenvalue weighted by Crippen LogP contribution is 2.40. The number of thiophene rings is 1. The zero-order valence-corrected chi connectivity index (χ0v) is 18.5. The van der Waals surface area contributed by atoms with E-state index in [1.165, 1.54) is 11.3 Å². The van der Waals surface area contributed by atoms with Gasteiger partial charge in [0.25, 0.3) is 11.8 Å². The maximum absolute atomic E-state index is 13.6. The van der Waals surface area contributed by atoms with Crippen LogP contribution in [0, 0.1) is 0 Å². The highest BCUT2D eigenvalue weighted by atomic mass is 35.5. The molecule has 0 N–H and O–H groups in total. The number of hydrogen-bond acceptors (Lipinski definition) is 4. The van der Waals surface area contributed by atoms with Crippen LogP contribution in [-0.2, 0) is 16.1 Å². The van der Waals surface area contributed by atoms with Crippen LogP contribution in [0.2, 0.25) is 10.0 Å². The number of benzene rings is 2. The van der Waals surface area contributed by atoms with Crippen LogP contribution in [0.3, 0.4) is 0 Å². The van der Waals surface area contributed by atoms with Gasteiger partial charge >= 0.3 is 0 Å².